The van der Waals surface area contributed by atoms with Gasteiger partial charge in [-0.2, -0.15) is 0 Å². The molecule has 1 N–H and O–H groups in total. The number of hydrogen-bond acceptors (Lipinski definition) is 5. The quantitative estimate of drug-likeness (QED) is 0.867. The third-order valence-electron chi connectivity index (χ3n) is 3.89. The van der Waals surface area contributed by atoms with Gasteiger partial charge in [0.25, 0.3) is 0 Å². The molecule has 6 nitrogen and oxygen atoms in total. The lowest BCUT2D eigenvalue weighted by Gasteiger charge is -2.44. The Kier molecular flexibility index (Phi) is 3.33. The van der Waals surface area contributed by atoms with E-state index in [1.165, 1.54) is 12.6 Å². The summed E-state index contributed by atoms with van der Waals surface area (Å²) in [5.74, 6) is -0.544. The zero-order valence-electron chi connectivity index (χ0n) is 10.7. The van der Waals surface area contributed by atoms with Crippen LogP contribution in [-0.4, -0.2) is 46.3 Å². The highest BCUT2D eigenvalue weighted by Gasteiger charge is 2.36. The van der Waals surface area contributed by atoms with Crippen molar-refractivity contribution in [1.29, 1.82) is 0 Å². The number of morpholine rings is 1. The molecular weight excluding hydrogens is 246 g/mol. The summed E-state index contributed by atoms with van der Waals surface area (Å²) in [4.78, 5) is 21.5. The Morgan fingerprint density at radius 3 is 2.95 bits per heavy atom. The van der Waals surface area contributed by atoms with Gasteiger partial charge in [-0.25, -0.2) is 14.8 Å². The molecule has 19 heavy (non-hydrogen) atoms. The topological polar surface area (TPSA) is 75.5 Å². The van der Waals surface area contributed by atoms with Crippen LogP contribution in [0.2, 0.25) is 0 Å². The van der Waals surface area contributed by atoms with Crippen molar-refractivity contribution in [3.8, 4) is 0 Å². The number of carboxylic acid groups (broad SMARTS) is 1. The number of hydrogen-bond donors (Lipinski definition) is 1. The number of anilines is 1. The summed E-state index contributed by atoms with van der Waals surface area (Å²) < 4.78 is 5.80. The van der Waals surface area contributed by atoms with Crippen molar-refractivity contribution in [2.24, 2.45) is 0 Å². The van der Waals surface area contributed by atoms with E-state index in [2.05, 4.69) is 14.9 Å². The first kappa shape index (κ1) is 12.3. The molecule has 0 spiro atoms. The second-order valence-electron chi connectivity index (χ2n) is 4.99. The zero-order valence-corrected chi connectivity index (χ0v) is 10.7. The first-order valence-electron chi connectivity index (χ1n) is 6.70. The van der Waals surface area contributed by atoms with E-state index in [4.69, 9.17) is 4.74 Å². The normalized spacial score (nSPS) is 26.8. The van der Waals surface area contributed by atoms with Crippen LogP contribution in [0.5, 0.6) is 0 Å². The van der Waals surface area contributed by atoms with Crippen molar-refractivity contribution >= 4 is 11.8 Å². The van der Waals surface area contributed by atoms with E-state index in [0.29, 0.717) is 19.0 Å². The minimum atomic E-state index is -1.03. The van der Waals surface area contributed by atoms with Gasteiger partial charge in [-0.3, -0.25) is 0 Å². The summed E-state index contributed by atoms with van der Waals surface area (Å²) in [5.41, 5.74) is 0.0359. The van der Waals surface area contributed by atoms with Crippen molar-refractivity contribution in [3.63, 3.8) is 0 Å². The number of aromatic carboxylic acids is 1. The van der Waals surface area contributed by atoms with Gasteiger partial charge in [-0.05, 0) is 12.8 Å². The zero-order chi connectivity index (χ0) is 13.2. The summed E-state index contributed by atoms with van der Waals surface area (Å²) in [6.45, 7) is 1.30. The lowest BCUT2D eigenvalue weighted by atomic mass is 9.90. The van der Waals surface area contributed by atoms with Gasteiger partial charge in [0.15, 0.2) is 11.5 Å². The van der Waals surface area contributed by atoms with E-state index in [1.807, 2.05) is 0 Å². The first-order chi connectivity index (χ1) is 9.27. The van der Waals surface area contributed by atoms with Crippen molar-refractivity contribution in [1.82, 2.24) is 9.97 Å². The van der Waals surface area contributed by atoms with Crippen LogP contribution in [0, 0.1) is 0 Å². The second-order valence-corrected chi connectivity index (χ2v) is 4.99. The molecular formula is C13H17N3O3. The van der Waals surface area contributed by atoms with E-state index in [0.717, 1.165) is 19.3 Å². The van der Waals surface area contributed by atoms with Crippen LogP contribution in [0.4, 0.5) is 5.82 Å². The molecule has 1 saturated carbocycles. The fourth-order valence-corrected chi connectivity index (χ4v) is 3.05. The Morgan fingerprint density at radius 1 is 1.32 bits per heavy atom. The first-order valence-corrected chi connectivity index (χ1v) is 6.70. The summed E-state index contributed by atoms with van der Waals surface area (Å²) in [7, 11) is 0. The number of aromatic nitrogens is 2. The Hall–Kier alpha value is -1.69. The highest BCUT2D eigenvalue weighted by atomic mass is 16.5. The van der Waals surface area contributed by atoms with Crippen molar-refractivity contribution in [2.45, 2.75) is 37.8 Å². The fraction of sp³-hybridized carbons (Fsp3) is 0.615. The summed E-state index contributed by atoms with van der Waals surface area (Å²) in [6.07, 6.45) is 7.58. The average Bonchev–Trinajstić information content (AvgIpc) is 2.46. The van der Waals surface area contributed by atoms with Gasteiger partial charge in [0.2, 0.25) is 0 Å². The number of fused-ring (bicyclic) bond motifs is 1. The molecule has 2 atom stereocenters. The highest BCUT2D eigenvalue weighted by molar-refractivity contribution is 5.91. The Balaban J connectivity index is 1.94. The van der Waals surface area contributed by atoms with Crippen molar-refractivity contribution in [3.05, 3.63) is 18.1 Å². The Bertz CT molecular complexity index is 478. The molecule has 2 fully saturated rings. The summed E-state index contributed by atoms with van der Waals surface area (Å²) in [5, 5.41) is 9.23. The third-order valence-corrected chi connectivity index (χ3v) is 3.89. The van der Waals surface area contributed by atoms with Gasteiger partial charge in [0.05, 0.1) is 18.8 Å². The lowest BCUT2D eigenvalue weighted by molar-refractivity contribution is -0.00913. The Morgan fingerprint density at radius 2 is 2.11 bits per heavy atom. The number of nitrogens with zero attached hydrogens (tertiary/aromatic N) is 3. The van der Waals surface area contributed by atoms with Gasteiger partial charge in [-0.15, -0.1) is 0 Å². The molecule has 1 aliphatic heterocycles. The maximum absolute atomic E-state index is 11.3. The van der Waals surface area contributed by atoms with E-state index >= 15 is 0 Å². The lowest BCUT2D eigenvalue weighted by Crippen LogP contribution is -2.53. The standard InChI is InChI=1S/C13H17N3O3/c17-13(18)11-12(15-6-5-14-11)16-7-8-19-10-4-2-1-3-9(10)16/h5-6,9-10H,1-4,7-8H2,(H,17,18). The van der Waals surface area contributed by atoms with Crippen molar-refractivity contribution in [2.75, 3.05) is 18.1 Å². The average molecular weight is 263 g/mol. The second kappa shape index (κ2) is 5.13. The minimum Gasteiger partial charge on any atom is -0.476 e. The molecule has 0 aromatic carbocycles. The van der Waals surface area contributed by atoms with Crippen LogP contribution in [0.15, 0.2) is 12.4 Å². The minimum absolute atomic E-state index is 0.0359. The van der Waals surface area contributed by atoms with Crippen LogP contribution < -0.4 is 4.90 Å². The number of carboxylic acids is 1. The molecule has 0 bridgehead atoms. The molecule has 102 valence electrons. The van der Waals surface area contributed by atoms with Crippen LogP contribution >= 0.6 is 0 Å². The van der Waals surface area contributed by atoms with Gasteiger partial charge in [0.1, 0.15) is 0 Å². The highest BCUT2D eigenvalue weighted by Crippen LogP contribution is 2.31. The number of ether oxygens (including phenoxy) is 1. The number of carbonyl (C=O) groups is 1. The molecule has 1 aromatic heterocycles. The third kappa shape index (κ3) is 2.28. The van der Waals surface area contributed by atoms with E-state index in [1.54, 1.807) is 6.20 Å². The van der Waals surface area contributed by atoms with Gasteiger partial charge in [-0.1, -0.05) is 12.8 Å². The predicted molar refractivity (Wildman–Crippen MR) is 68.3 cm³/mol. The maximum atomic E-state index is 11.3. The SMILES string of the molecule is O=C(O)c1nccnc1N1CCOC2CCCCC21. The summed E-state index contributed by atoms with van der Waals surface area (Å²) in [6, 6.07) is 0.234. The predicted octanol–water partition coefficient (Wildman–Crippen LogP) is 1.32. The molecule has 1 saturated heterocycles. The van der Waals surface area contributed by atoms with Crippen LogP contribution in [0.25, 0.3) is 0 Å². The maximum Gasteiger partial charge on any atom is 0.358 e. The fourth-order valence-electron chi connectivity index (χ4n) is 3.05. The van der Waals surface area contributed by atoms with E-state index < -0.39 is 5.97 Å². The molecule has 3 rings (SSSR count). The molecule has 0 amide bonds. The molecule has 6 heteroatoms. The Labute approximate surface area is 111 Å². The molecule has 2 heterocycles. The largest absolute Gasteiger partial charge is 0.476 e. The van der Waals surface area contributed by atoms with Crippen LogP contribution in [0.1, 0.15) is 36.2 Å². The van der Waals surface area contributed by atoms with Crippen molar-refractivity contribution < 1.29 is 14.6 Å². The molecule has 0 radical (unpaired) electrons. The van der Waals surface area contributed by atoms with Gasteiger partial charge < -0.3 is 14.7 Å². The van der Waals surface area contributed by atoms with Crippen LogP contribution in [0.3, 0.4) is 0 Å². The molecule has 2 aliphatic rings. The van der Waals surface area contributed by atoms with E-state index in [-0.39, 0.29) is 17.8 Å². The monoisotopic (exact) mass is 263 g/mol. The summed E-state index contributed by atoms with van der Waals surface area (Å²) >= 11 is 0. The molecule has 2 unspecified atom stereocenters. The van der Waals surface area contributed by atoms with Gasteiger partial charge >= 0.3 is 5.97 Å². The van der Waals surface area contributed by atoms with Crippen LogP contribution in [-0.2, 0) is 4.74 Å². The van der Waals surface area contributed by atoms with Gasteiger partial charge in [0, 0.05) is 18.9 Å². The smallest absolute Gasteiger partial charge is 0.358 e. The van der Waals surface area contributed by atoms with E-state index in [9.17, 15) is 9.90 Å². The number of rotatable bonds is 2. The molecule has 1 aliphatic carbocycles. The molecule has 1 aromatic rings.